The van der Waals surface area contributed by atoms with Gasteiger partial charge in [-0.3, -0.25) is 9.59 Å². The van der Waals surface area contributed by atoms with Gasteiger partial charge >= 0.3 is 0 Å². The average Bonchev–Trinajstić information content (AvgIpc) is 2.44. The molecule has 0 spiro atoms. The number of nitrogens with two attached hydrogens (primary N) is 1. The van der Waals surface area contributed by atoms with Gasteiger partial charge in [0.1, 0.15) is 6.04 Å². The van der Waals surface area contributed by atoms with E-state index in [4.69, 9.17) is 5.73 Å². The van der Waals surface area contributed by atoms with Crippen LogP contribution in [-0.2, 0) is 9.59 Å². The number of carbonyl (C=O) groups excluding carboxylic acids is 2. The summed E-state index contributed by atoms with van der Waals surface area (Å²) in [6, 6.07) is -0.507. The lowest BCUT2D eigenvalue weighted by Gasteiger charge is -2.32. The van der Waals surface area contributed by atoms with Gasteiger partial charge in [-0.2, -0.15) is 0 Å². The first-order chi connectivity index (χ1) is 9.38. The van der Waals surface area contributed by atoms with Crippen LogP contribution in [0.3, 0.4) is 0 Å². The molecule has 0 aromatic rings. The van der Waals surface area contributed by atoms with E-state index >= 15 is 0 Å². The minimum absolute atomic E-state index is 0.0697. The Morgan fingerprint density at radius 1 is 1.20 bits per heavy atom. The molecule has 1 unspecified atom stereocenters. The van der Waals surface area contributed by atoms with Crippen LogP contribution in [0.4, 0.5) is 0 Å². The highest BCUT2D eigenvalue weighted by molar-refractivity contribution is 5.89. The van der Waals surface area contributed by atoms with E-state index in [1.807, 2.05) is 20.8 Å². The molecule has 0 saturated heterocycles. The van der Waals surface area contributed by atoms with Gasteiger partial charge in [-0.05, 0) is 26.7 Å². The van der Waals surface area contributed by atoms with Crippen LogP contribution in [0.1, 0.15) is 53.4 Å². The summed E-state index contributed by atoms with van der Waals surface area (Å²) in [6.07, 6.45) is 3.32. The summed E-state index contributed by atoms with van der Waals surface area (Å²) in [4.78, 5) is 26.2. The molecule has 3 N–H and O–H groups in total. The third-order valence-electron chi connectivity index (χ3n) is 3.90. The first-order valence-corrected chi connectivity index (χ1v) is 7.64. The molecule has 0 saturated carbocycles. The largest absolute Gasteiger partial charge is 0.344 e. The topological polar surface area (TPSA) is 75.4 Å². The summed E-state index contributed by atoms with van der Waals surface area (Å²) in [5.74, 6) is -0.158. The van der Waals surface area contributed by atoms with E-state index in [0.29, 0.717) is 13.1 Å². The summed E-state index contributed by atoms with van der Waals surface area (Å²) < 4.78 is 0. The smallest absolute Gasteiger partial charge is 0.244 e. The van der Waals surface area contributed by atoms with Crippen molar-refractivity contribution in [1.29, 1.82) is 0 Å². The Morgan fingerprint density at radius 2 is 1.70 bits per heavy atom. The lowest BCUT2D eigenvalue weighted by atomic mass is 9.78. The second-order valence-electron chi connectivity index (χ2n) is 5.53. The summed E-state index contributed by atoms with van der Waals surface area (Å²) in [5, 5.41) is 2.85. The van der Waals surface area contributed by atoms with Crippen molar-refractivity contribution in [2.24, 2.45) is 11.1 Å². The molecule has 0 aromatic heterocycles. The Bertz CT molecular complexity index is 312. The molecule has 5 heteroatoms. The number of amides is 2. The number of nitrogens with zero attached hydrogens (tertiary/aromatic N) is 1. The van der Waals surface area contributed by atoms with E-state index in [1.165, 1.54) is 0 Å². The van der Waals surface area contributed by atoms with E-state index in [-0.39, 0.29) is 11.8 Å². The first-order valence-electron chi connectivity index (χ1n) is 7.64. The van der Waals surface area contributed by atoms with Gasteiger partial charge < -0.3 is 16.0 Å². The van der Waals surface area contributed by atoms with Crippen LogP contribution in [0.2, 0.25) is 0 Å². The molecular weight excluding hydrogens is 254 g/mol. The third kappa shape index (κ3) is 4.78. The Morgan fingerprint density at radius 3 is 2.05 bits per heavy atom. The molecular formula is C15H31N3O2. The van der Waals surface area contributed by atoms with E-state index < -0.39 is 11.5 Å². The van der Waals surface area contributed by atoms with Crippen molar-refractivity contribution in [2.75, 3.05) is 20.1 Å². The molecule has 2 amide bonds. The predicted molar refractivity (Wildman–Crippen MR) is 82.2 cm³/mol. The van der Waals surface area contributed by atoms with Crippen molar-refractivity contribution in [1.82, 2.24) is 10.2 Å². The standard InChI is InChI=1S/C15H31N3O2/c1-6-9-15(11-16,10-7-2)14(20)17-12(4)13(19)18(5)8-3/h12H,6-11,16H2,1-5H3,(H,17,20). The van der Waals surface area contributed by atoms with Crippen molar-refractivity contribution in [2.45, 2.75) is 59.4 Å². The van der Waals surface area contributed by atoms with Crippen molar-refractivity contribution in [3.05, 3.63) is 0 Å². The van der Waals surface area contributed by atoms with Crippen molar-refractivity contribution in [3.63, 3.8) is 0 Å². The maximum Gasteiger partial charge on any atom is 0.244 e. The van der Waals surface area contributed by atoms with Crippen molar-refractivity contribution in [3.8, 4) is 0 Å². The second kappa shape index (κ2) is 8.95. The normalized spacial score (nSPS) is 12.9. The van der Waals surface area contributed by atoms with Gasteiger partial charge in [0.15, 0.2) is 0 Å². The SMILES string of the molecule is CCCC(CN)(CCC)C(=O)NC(C)C(=O)N(C)CC. The Labute approximate surface area is 123 Å². The van der Waals surface area contributed by atoms with E-state index in [1.54, 1.807) is 18.9 Å². The van der Waals surface area contributed by atoms with Crippen LogP contribution in [0, 0.1) is 5.41 Å². The van der Waals surface area contributed by atoms with Crippen LogP contribution < -0.4 is 11.1 Å². The fraction of sp³-hybridized carbons (Fsp3) is 0.867. The monoisotopic (exact) mass is 285 g/mol. The molecule has 0 aliphatic rings. The summed E-state index contributed by atoms with van der Waals surface area (Å²) in [6.45, 7) is 8.69. The molecule has 0 aliphatic carbocycles. The van der Waals surface area contributed by atoms with Gasteiger partial charge in [0.2, 0.25) is 11.8 Å². The summed E-state index contributed by atoms with van der Waals surface area (Å²) in [5.41, 5.74) is 5.32. The highest BCUT2D eigenvalue weighted by Crippen LogP contribution is 2.29. The number of carbonyl (C=O) groups is 2. The van der Waals surface area contributed by atoms with Crippen LogP contribution in [0.5, 0.6) is 0 Å². The molecule has 5 nitrogen and oxygen atoms in total. The molecule has 0 fully saturated rings. The van der Waals surface area contributed by atoms with Crippen LogP contribution >= 0.6 is 0 Å². The molecule has 1 atom stereocenters. The predicted octanol–water partition coefficient (Wildman–Crippen LogP) is 1.51. The second-order valence-corrected chi connectivity index (χ2v) is 5.53. The lowest BCUT2D eigenvalue weighted by molar-refractivity contribution is -0.138. The maximum atomic E-state index is 12.5. The maximum absolute atomic E-state index is 12.5. The number of rotatable bonds is 9. The van der Waals surface area contributed by atoms with E-state index in [2.05, 4.69) is 5.32 Å². The van der Waals surface area contributed by atoms with Crippen molar-refractivity contribution < 1.29 is 9.59 Å². The molecule has 0 radical (unpaired) electrons. The van der Waals surface area contributed by atoms with E-state index in [9.17, 15) is 9.59 Å². The minimum Gasteiger partial charge on any atom is -0.344 e. The number of hydrogen-bond acceptors (Lipinski definition) is 3. The highest BCUT2D eigenvalue weighted by atomic mass is 16.2. The molecule has 0 rings (SSSR count). The number of nitrogens with one attached hydrogen (secondary N) is 1. The highest BCUT2D eigenvalue weighted by Gasteiger charge is 2.36. The molecule has 118 valence electrons. The molecule has 0 bridgehead atoms. The van der Waals surface area contributed by atoms with Gasteiger partial charge in [0.05, 0.1) is 5.41 Å². The van der Waals surface area contributed by atoms with Gasteiger partial charge in [0.25, 0.3) is 0 Å². The molecule has 0 aliphatic heterocycles. The molecule has 0 aromatic carbocycles. The van der Waals surface area contributed by atoms with Gasteiger partial charge in [-0.25, -0.2) is 0 Å². The van der Waals surface area contributed by atoms with Crippen LogP contribution in [0.15, 0.2) is 0 Å². The minimum atomic E-state index is -0.539. The van der Waals surface area contributed by atoms with Gasteiger partial charge in [-0.15, -0.1) is 0 Å². The fourth-order valence-electron chi connectivity index (χ4n) is 2.50. The zero-order valence-electron chi connectivity index (χ0n) is 13.7. The van der Waals surface area contributed by atoms with Gasteiger partial charge in [-0.1, -0.05) is 26.7 Å². The zero-order chi connectivity index (χ0) is 15.8. The third-order valence-corrected chi connectivity index (χ3v) is 3.90. The van der Waals surface area contributed by atoms with E-state index in [0.717, 1.165) is 25.7 Å². The Hall–Kier alpha value is -1.10. The molecule has 0 heterocycles. The zero-order valence-corrected chi connectivity index (χ0v) is 13.7. The van der Waals surface area contributed by atoms with Crippen LogP contribution in [-0.4, -0.2) is 42.9 Å². The fourth-order valence-corrected chi connectivity index (χ4v) is 2.50. The average molecular weight is 285 g/mol. The lowest BCUT2D eigenvalue weighted by Crippen LogP contribution is -2.52. The van der Waals surface area contributed by atoms with Crippen molar-refractivity contribution >= 4 is 11.8 Å². The summed E-state index contributed by atoms with van der Waals surface area (Å²) in [7, 11) is 1.74. The molecule has 20 heavy (non-hydrogen) atoms. The number of hydrogen-bond donors (Lipinski definition) is 2. The first kappa shape index (κ1) is 18.9. The van der Waals surface area contributed by atoms with Gasteiger partial charge in [0, 0.05) is 20.1 Å². The Kier molecular flexibility index (Phi) is 8.46. The van der Waals surface area contributed by atoms with Crippen LogP contribution in [0.25, 0.3) is 0 Å². The Balaban J connectivity index is 4.87. The number of likely N-dealkylation sites (N-methyl/N-ethyl adjacent to an activating group) is 1. The quantitative estimate of drug-likeness (QED) is 0.674. The summed E-state index contributed by atoms with van der Waals surface area (Å²) >= 11 is 0.